The molecule has 7 nitrogen and oxygen atoms in total. The molecule has 0 fully saturated rings. The van der Waals surface area contributed by atoms with E-state index >= 15 is 0 Å². The van der Waals surface area contributed by atoms with Gasteiger partial charge in [-0.2, -0.15) is 9.78 Å². The van der Waals surface area contributed by atoms with Crippen LogP contribution in [0, 0.1) is 0 Å². The van der Waals surface area contributed by atoms with Crippen molar-refractivity contribution in [1.82, 2.24) is 9.66 Å². The van der Waals surface area contributed by atoms with E-state index < -0.39 is 5.97 Å². The van der Waals surface area contributed by atoms with Crippen LogP contribution in [0.3, 0.4) is 0 Å². The molecule has 0 aliphatic heterocycles. The van der Waals surface area contributed by atoms with Gasteiger partial charge in [-0.1, -0.05) is 40.2 Å². The second-order valence-corrected chi connectivity index (χ2v) is 8.15. The molecule has 2 aromatic heterocycles. The first-order valence-corrected chi connectivity index (χ1v) is 10.8. The number of benzene rings is 3. The highest BCUT2D eigenvalue weighted by atomic mass is 79.9. The molecule has 5 rings (SSSR count). The van der Waals surface area contributed by atoms with Crippen molar-refractivity contribution in [3.05, 3.63) is 93.2 Å². The zero-order valence-electron chi connectivity index (χ0n) is 17.4. The quantitative estimate of drug-likeness (QED) is 0.187. The average Bonchev–Trinajstić information content (AvgIpc) is 3.22. The summed E-state index contributed by atoms with van der Waals surface area (Å²) >= 11 is 3.46. The summed E-state index contributed by atoms with van der Waals surface area (Å²) in [5.41, 5.74) is 1.38. The van der Waals surface area contributed by atoms with E-state index in [0.29, 0.717) is 33.6 Å². The molecule has 0 radical (unpaired) electrons. The summed E-state index contributed by atoms with van der Waals surface area (Å²) in [4.78, 5) is 29.5. The van der Waals surface area contributed by atoms with Crippen molar-refractivity contribution < 1.29 is 13.9 Å². The van der Waals surface area contributed by atoms with Crippen LogP contribution in [0.25, 0.3) is 33.5 Å². The lowest BCUT2D eigenvalue weighted by Gasteiger charge is -2.08. The molecule has 3 aromatic carbocycles. The fraction of sp³-hybridized carbons (Fsp3) is 0.0400. The topological polar surface area (TPSA) is 86.7 Å². The second-order valence-electron chi connectivity index (χ2n) is 7.24. The van der Waals surface area contributed by atoms with Crippen LogP contribution in [0.1, 0.15) is 12.5 Å². The predicted octanol–water partition coefficient (Wildman–Crippen LogP) is 5.38. The van der Waals surface area contributed by atoms with Crippen molar-refractivity contribution in [3.63, 3.8) is 0 Å². The van der Waals surface area contributed by atoms with Crippen molar-refractivity contribution >= 4 is 50.0 Å². The molecule has 0 saturated heterocycles. The molecule has 0 aliphatic carbocycles. The minimum atomic E-state index is -0.450. The van der Waals surface area contributed by atoms with Crippen molar-refractivity contribution in [2.45, 2.75) is 6.92 Å². The maximum absolute atomic E-state index is 13.4. The largest absolute Gasteiger partial charge is 0.453 e. The normalized spacial score (nSPS) is 11.5. The molecule has 33 heavy (non-hydrogen) atoms. The summed E-state index contributed by atoms with van der Waals surface area (Å²) < 4.78 is 13.3. The second kappa shape index (κ2) is 8.48. The molecule has 0 amide bonds. The Kier molecular flexibility index (Phi) is 5.35. The first kappa shape index (κ1) is 20.8. The maximum Gasteiger partial charge on any atom is 0.308 e. The fourth-order valence-corrected chi connectivity index (χ4v) is 3.85. The van der Waals surface area contributed by atoms with E-state index in [-0.39, 0.29) is 11.4 Å². The van der Waals surface area contributed by atoms with Crippen molar-refractivity contribution in [1.29, 1.82) is 0 Å². The number of esters is 1. The monoisotopic (exact) mass is 501 g/mol. The number of hydrogen-bond donors (Lipinski definition) is 0. The Morgan fingerprint density at radius 3 is 2.73 bits per heavy atom. The summed E-state index contributed by atoms with van der Waals surface area (Å²) in [5.74, 6) is 0.545. The van der Waals surface area contributed by atoms with Crippen LogP contribution in [-0.4, -0.2) is 21.8 Å². The van der Waals surface area contributed by atoms with Gasteiger partial charge in [0.15, 0.2) is 5.76 Å². The Bertz CT molecular complexity index is 1620. The van der Waals surface area contributed by atoms with E-state index in [0.717, 1.165) is 9.86 Å². The third-order valence-corrected chi connectivity index (χ3v) is 5.43. The predicted molar refractivity (Wildman–Crippen MR) is 130 cm³/mol. The van der Waals surface area contributed by atoms with Crippen LogP contribution in [0.4, 0.5) is 0 Å². The van der Waals surface area contributed by atoms with Gasteiger partial charge in [0.05, 0.1) is 17.1 Å². The van der Waals surface area contributed by atoms with Gasteiger partial charge in [-0.05, 0) is 48.5 Å². The molecule has 0 aliphatic rings. The van der Waals surface area contributed by atoms with Crippen molar-refractivity contribution in [3.8, 4) is 17.3 Å². The molecular weight excluding hydrogens is 486 g/mol. The fourth-order valence-electron chi connectivity index (χ4n) is 3.47. The highest BCUT2D eigenvalue weighted by Gasteiger charge is 2.17. The number of para-hydroxylation sites is 2. The van der Waals surface area contributed by atoms with Gasteiger partial charge in [0.25, 0.3) is 5.56 Å². The Labute approximate surface area is 196 Å². The van der Waals surface area contributed by atoms with Gasteiger partial charge in [-0.15, -0.1) is 0 Å². The first-order chi connectivity index (χ1) is 16.0. The van der Waals surface area contributed by atoms with Crippen LogP contribution in [0.15, 0.2) is 91.6 Å². The van der Waals surface area contributed by atoms with E-state index in [1.807, 2.05) is 30.3 Å². The molecule has 8 heteroatoms. The maximum atomic E-state index is 13.4. The van der Waals surface area contributed by atoms with Crippen LogP contribution >= 0.6 is 15.9 Å². The number of fused-ring (bicyclic) bond motifs is 2. The molecule has 5 aromatic rings. The first-order valence-electron chi connectivity index (χ1n) is 10.0. The minimum absolute atomic E-state index is 0.257. The Hall–Kier alpha value is -4.04. The average molecular weight is 502 g/mol. The Morgan fingerprint density at radius 1 is 1.09 bits per heavy atom. The molecule has 0 unspecified atom stereocenters. The summed E-state index contributed by atoms with van der Waals surface area (Å²) in [7, 11) is 0. The molecular formula is C25H16BrN3O4. The number of carbonyl (C=O) groups excluding carboxylic acids is 1. The molecule has 162 valence electrons. The Morgan fingerprint density at radius 2 is 1.88 bits per heavy atom. The van der Waals surface area contributed by atoms with E-state index in [9.17, 15) is 9.59 Å². The van der Waals surface area contributed by atoms with Gasteiger partial charge in [-0.3, -0.25) is 9.59 Å². The lowest BCUT2D eigenvalue weighted by atomic mass is 10.2. The van der Waals surface area contributed by atoms with Crippen LogP contribution in [0.2, 0.25) is 0 Å². The summed E-state index contributed by atoms with van der Waals surface area (Å²) in [6.45, 7) is 1.32. The molecule has 0 saturated carbocycles. The van der Waals surface area contributed by atoms with E-state index in [1.54, 1.807) is 42.5 Å². The standard InChI is InChI=1S/C25H16BrN3O4/c1-15(30)32-21-9-5-2-6-16(21)14-27-29-24(28-20-8-4-3-7-19(20)25(29)31)23-13-17-12-18(26)10-11-22(17)33-23/h2-14H,1H3. The van der Waals surface area contributed by atoms with Crippen molar-refractivity contribution in [2.75, 3.05) is 0 Å². The van der Waals surface area contributed by atoms with E-state index in [4.69, 9.17) is 9.15 Å². The molecule has 2 heterocycles. The highest BCUT2D eigenvalue weighted by Crippen LogP contribution is 2.29. The lowest BCUT2D eigenvalue weighted by Crippen LogP contribution is -2.20. The summed E-state index contributed by atoms with van der Waals surface area (Å²) in [6.07, 6.45) is 1.46. The zero-order valence-corrected chi connectivity index (χ0v) is 18.9. The number of furan rings is 1. The molecule has 0 atom stereocenters. The van der Waals surface area contributed by atoms with Crippen LogP contribution in [0.5, 0.6) is 5.75 Å². The van der Waals surface area contributed by atoms with Gasteiger partial charge >= 0.3 is 5.97 Å². The molecule has 0 N–H and O–H groups in total. The zero-order chi connectivity index (χ0) is 22.9. The number of rotatable bonds is 4. The molecule has 0 spiro atoms. The van der Waals surface area contributed by atoms with Crippen LogP contribution < -0.4 is 10.3 Å². The van der Waals surface area contributed by atoms with Crippen LogP contribution in [-0.2, 0) is 4.79 Å². The summed E-state index contributed by atoms with van der Waals surface area (Å²) in [5, 5.41) is 5.69. The number of halogens is 1. The molecule has 0 bridgehead atoms. The SMILES string of the molecule is CC(=O)Oc1ccccc1C=Nn1c(-c2cc3cc(Br)ccc3o2)nc2ccccc2c1=O. The van der Waals surface area contributed by atoms with Gasteiger partial charge in [-0.25, -0.2) is 4.98 Å². The van der Waals surface area contributed by atoms with Gasteiger partial charge in [0.1, 0.15) is 11.3 Å². The third-order valence-electron chi connectivity index (χ3n) is 4.94. The smallest absolute Gasteiger partial charge is 0.308 e. The van der Waals surface area contributed by atoms with Gasteiger partial charge < -0.3 is 9.15 Å². The van der Waals surface area contributed by atoms with Crippen molar-refractivity contribution in [2.24, 2.45) is 5.10 Å². The number of nitrogens with zero attached hydrogens (tertiary/aromatic N) is 3. The highest BCUT2D eigenvalue weighted by molar-refractivity contribution is 9.10. The summed E-state index contributed by atoms with van der Waals surface area (Å²) in [6, 6.07) is 21.4. The van der Waals surface area contributed by atoms with E-state index in [2.05, 4.69) is 26.0 Å². The Balaban J connectivity index is 1.71. The number of ether oxygens (including phenoxy) is 1. The van der Waals surface area contributed by atoms with Gasteiger partial charge in [0, 0.05) is 22.3 Å². The third kappa shape index (κ3) is 4.08. The number of hydrogen-bond acceptors (Lipinski definition) is 6. The number of carbonyl (C=O) groups is 1. The van der Waals surface area contributed by atoms with E-state index in [1.165, 1.54) is 17.8 Å². The minimum Gasteiger partial charge on any atom is -0.453 e. The number of aromatic nitrogens is 2. The van der Waals surface area contributed by atoms with Gasteiger partial charge in [0.2, 0.25) is 5.82 Å². The lowest BCUT2D eigenvalue weighted by molar-refractivity contribution is -0.131.